The van der Waals surface area contributed by atoms with Crippen LogP contribution in [-0.2, 0) is 16.3 Å². The highest BCUT2D eigenvalue weighted by Gasteiger charge is 2.25. The zero-order valence-electron chi connectivity index (χ0n) is 11.5. The third-order valence-electron chi connectivity index (χ3n) is 3.69. The maximum Gasteiger partial charge on any atom is 0.179 e. The van der Waals surface area contributed by atoms with E-state index >= 15 is 0 Å². The second-order valence-electron chi connectivity index (χ2n) is 5.17. The first-order valence-corrected chi connectivity index (χ1v) is 9.34. The van der Waals surface area contributed by atoms with E-state index in [1.165, 1.54) is 17.4 Å². The van der Waals surface area contributed by atoms with Crippen LogP contribution in [0.1, 0.15) is 23.6 Å². The van der Waals surface area contributed by atoms with Crippen molar-refractivity contribution < 1.29 is 8.42 Å². The summed E-state index contributed by atoms with van der Waals surface area (Å²) in [4.78, 5) is 4.45. The summed E-state index contributed by atoms with van der Waals surface area (Å²) in [7, 11) is -3.29. The van der Waals surface area contributed by atoms with Crippen LogP contribution >= 0.6 is 15.9 Å². The zero-order valence-corrected chi connectivity index (χ0v) is 13.9. The second-order valence-corrected chi connectivity index (χ2v) is 8.00. The van der Waals surface area contributed by atoms with Crippen molar-refractivity contribution in [1.82, 2.24) is 4.98 Å². The SMILES string of the molecule is CS(=O)(=O)c1cccnc1NC1CCc2c(Br)cccc21. The molecule has 1 atom stereocenters. The summed E-state index contributed by atoms with van der Waals surface area (Å²) in [5, 5.41) is 3.29. The van der Waals surface area contributed by atoms with Gasteiger partial charge in [0.05, 0.1) is 6.04 Å². The lowest BCUT2D eigenvalue weighted by Crippen LogP contribution is -2.12. The number of fused-ring (bicyclic) bond motifs is 1. The maximum absolute atomic E-state index is 11.8. The predicted molar refractivity (Wildman–Crippen MR) is 86.2 cm³/mol. The van der Waals surface area contributed by atoms with Crippen molar-refractivity contribution in [3.8, 4) is 0 Å². The Morgan fingerprint density at radius 3 is 2.86 bits per heavy atom. The predicted octanol–water partition coefficient (Wildman–Crippen LogP) is 3.35. The van der Waals surface area contributed by atoms with E-state index in [0.717, 1.165) is 17.3 Å². The number of hydrogen-bond acceptors (Lipinski definition) is 4. The van der Waals surface area contributed by atoms with Gasteiger partial charge < -0.3 is 5.32 Å². The minimum atomic E-state index is -3.29. The van der Waals surface area contributed by atoms with Gasteiger partial charge in [-0.05, 0) is 42.2 Å². The summed E-state index contributed by atoms with van der Waals surface area (Å²) in [5.41, 5.74) is 2.49. The molecule has 1 aliphatic carbocycles. The van der Waals surface area contributed by atoms with Crippen LogP contribution in [0.4, 0.5) is 5.82 Å². The van der Waals surface area contributed by atoms with E-state index in [1.54, 1.807) is 18.3 Å². The third-order valence-corrected chi connectivity index (χ3v) is 5.57. The largest absolute Gasteiger partial charge is 0.362 e. The van der Waals surface area contributed by atoms with Gasteiger partial charge >= 0.3 is 0 Å². The van der Waals surface area contributed by atoms with Crippen molar-refractivity contribution >= 4 is 31.6 Å². The number of hydrogen-bond donors (Lipinski definition) is 1. The smallest absolute Gasteiger partial charge is 0.179 e. The maximum atomic E-state index is 11.8. The molecule has 0 saturated heterocycles. The van der Waals surface area contributed by atoms with Crippen LogP contribution in [0.5, 0.6) is 0 Å². The number of aromatic nitrogens is 1. The minimum Gasteiger partial charge on any atom is -0.362 e. The fourth-order valence-electron chi connectivity index (χ4n) is 2.72. The second kappa shape index (κ2) is 5.42. The quantitative estimate of drug-likeness (QED) is 0.904. The van der Waals surface area contributed by atoms with Crippen molar-refractivity contribution in [2.75, 3.05) is 11.6 Å². The molecule has 0 spiro atoms. The van der Waals surface area contributed by atoms with Gasteiger partial charge in [0.15, 0.2) is 9.84 Å². The normalized spacial score (nSPS) is 17.5. The molecule has 1 unspecified atom stereocenters. The molecule has 3 rings (SSSR count). The highest BCUT2D eigenvalue weighted by molar-refractivity contribution is 9.10. The van der Waals surface area contributed by atoms with E-state index in [-0.39, 0.29) is 10.9 Å². The van der Waals surface area contributed by atoms with Gasteiger partial charge in [-0.25, -0.2) is 13.4 Å². The molecule has 1 aromatic carbocycles. The number of sulfone groups is 1. The molecule has 0 fully saturated rings. The number of pyridine rings is 1. The average Bonchev–Trinajstić information content (AvgIpc) is 2.83. The van der Waals surface area contributed by atoms with Gasteiger partial charge in [0.2, 0.25) is 0 Å². The molecule has 1 aliphatic rings. The van der Waals surface area contributed by atoms with Crippen LogP contribution in [-0.4, -0.2) is 19.7 Å². The van der Waals surface area contributed by atoms with E-state index in [4.69, 9.17) is 0 Å². The van der Waals surface area contributed by atoms with Gasteiger partial charge in [0.25, 0.3) is 0 Å². The van der Waals surface area contributed by atoms with Gasteiger partial charge in [-0.2, -0.15) is 0 Å². The lowest BCUT2D eigenvalue weighted by molar-refractivity contribution is 0.601. The fourth-order valence-corrected chi connectivity index (χ4v) is 4.09. The summed E-state index contributed by atoms with van der Waals surface area (Å²) in [6, 6.07) is 9.42. The van der Waals surface area contributed by atoms with Crippen molar-refractivity contribution in [1.29, 1.82) is 0 Å². The lowest BCUT2D eigenvalue weighted by atomic mass is 10.1. The molecule has 4 nitrogen and oxygen atoms in total. The molecule has 0 bridgehead atoms. The summed E-state index contributed by atoms with van der Waals surface area (Å²) < 4.78 is 24.8. The Balaban J connectivity index is 1.96. The molecular weight excluding hydrogens is 352 g/mol. The summed E-state index contributed by atoms with van der Waals surface area (Å²) >= 11 is 3.57. The molecular formula is C15H15BrN2O2S. The number of anilines is 1. The lowest BCUT2D eigenvalue weighted by Gasteiger charge is -2.17. The van der Waals surface area contributed by atoms with E-state index in [1.807, 2.05) is 12.1 Å². The number of halogens is 1. The van der Waals surface area contributed by atoms with E-state index in [0.29, 0.717) is 5.82 Å². The number of nitrogens with one attached hydrogen (secondary N) is 1. The Labute approximate surface area is 132 Å². The molecule has 110 valence electrons. The van der Waals surface area contributed by atoms with Crippen LogP contribution in [0.3, 0.4) is 0 Å². The molecule has 0 amide bonds. The van der Waals surface area contributed by atoms with Crippen molar-refractivity contribution in [2.24, 2.45) is 0 Å². The monoisotopic (exact) mass is 366 g/mol. The highest BCUT2D eigenvalue weighted by Crippen LogP contribution is 2.38. The molecule has 0 aliphatic heterocycles. The molecule has 0 radical (unpaired) electrons. The summed E-state index contributed by atoms with van der Waals surface area (Å²) in [6.45, 7) is 0. The standard InChI is InChI=1S/C15H15BrN2O2S/c1-21(19,20)14-6-3-9-17-15(14)18-13-8-7-10-11(13)4-2-5-12(10)16/h2-6,9,13H,7-8H2,1H3,(H,17,18). The molecule has 1 aromatic heterocycles. The first-order valence-electron chi connectivity index (χ1n) is 6.66. The number of rotatable bonds is 3. The Kier molecular flexibility index (Phi) is 3.75. The third kappa shape index (κ3) is 2.82. The van der Waals surface area contributed by atoms with E-state index < -0.39 is 9.84 Å². The van der Waals surface area contributed by atoms with Crippen molar-refractivity contribution in [3.05, 3.63) is 52.1 Å². The van der Waals surface area contributed by atoms with Gasteiger partial charge in [-0.15, -0.1) is 0 Å². The highest BCUT2D eigenvalue weighted by atomic mass is 79.9. The van der Waals surface area contributed by atoms with Gasteiger partial charge in [0.1, 0.15) is 10.7 Å². The molecule has 1 N–H and O–H groups in total. The summed E-state index contributed by atoms with van der Waals surface area (Å²) in [6.07, 6.45) is 4.70. The zero-order chi connectivity index (χ0) is 15.0. The van der Waals surface area contributed by atoms with E-state index in [2.05, 4.69) is 32.3 Å². The van der Waals surface area contributed by atoms with Gasteiger partial charge in [-0.3, -0.25) is 0 Å². The molecule has 6 heteroatoms. The molecule has 21 heavy (non-hydrogen) atoms. The first kappa shape index (κ1) is 14.5. The molecule has 0 saturated carbocycles. The number of benzene rings is 1. The van der Waals surface area contributed by atoms with Crippen LogP contribution in [0.25, 0.3) is 0 Å². The van der Waals surface area contributed by atoms with Crippen LogP contribution in [0, 0.1) is 0 Å². The Hall–Kier alpha value is -1.40. The van der Waals surface area contributed by atoms with Crippen molar-refractivity contribution in [2.45, 2.75) is 23.8 Å². The first-order chi connectivity index (χ1) is 9.97. The molecule has 1 heterocycles. The van der Waals surface area contributed by atoms with Crippen LogP contribution in [0.2, 0.25) is 0 Å². The van der Waals surface area contributed by atoms with E-state index in [9.17, 15) is 8.42 Å². The Morgan fingerprint density at radius 2 is 2.10 bits per heavy atom. The van der Waals surface area contributed by atoms with Gasteiger partial charge in [-0.1, -0.05) is 28.1 Å². The van der Waals surface area contributed by atoms with Crippen LogP contribution in [0.15, 0.2) is 45.9 Å². The topological polar surface area (TPSA) is 59.1 Å². The van der Waals surface area contributed by atoms with Crippen LogP contribution < -0.4 is 5.32 Å². The summed E-state index contributed by atoms with van der Waals surface area (Å²) in [5.74, 6) is 0.429. The fraction of sp³-hybridized carbons (Fsp3) is 0.267. The average molecular weight is 367 g/mol. The number of nitrogens with zero attached hydrogens (tertiary/aromatic N) is 1. The molecule has 2 aromatic rings. The minimum absolute atomic E-state index is 0.0906. The van der Waals surface area contributed by atoms with Crippen molar-refractivity contribution in [3.63, 3.8) is 0 Å². The Morgan fingerprint density at radius 1 is 1.29 bits per heavy atom. The van der Waals surface area contributed by atoms with Gasteiger partial charge in [0, 0.05) is 16.9 Å². The Bertz CT molecular complexity index is 790.